The third-order valence-electron chi connectivity index (χ3n) is 2.17. The second-order valence-corrected chi connectivity index (χ2v) is 3.26. The van der Waals surface area contributed by atoms with E-state index < -0.39 is 0 Å². The lowest BCUT2D eigenvalue weighted by Gasteiger charge is -1.96. The zero-order valence-electron chi connectivity index (χ0n) is 8.23. The second-order valence-electron chi connectivity index (χ2n) is 3.26. The topological polar surface area (TPSA) is 54.9 Å². The van der Waals surface area contributed by atoms with Gasteiger partial charge in [0.1, 0.15) is 5.69 Å². The molecule has 0 aliphatic carbocycles. The number of carbonyl (C=O) groups is 1. The highest BCUT2D eigenvalue weighted by Gasteiger charge is 2.11. The van der Waals surface area contributed by atoms with Crippen molar-refractivity contribution < 1.29 is 4.79 Å². The number of hydrogen-bond acceptors (Lipinski definition) is 2. The molecule has 0 bridgehead atoms. The van der Waals surface area contributed by atoms with E-state index in [2.05, 4.69) is 5.10 Å². The zero-order chi connectivity index (χ0) is 10.8. The predicted octanol–water partition coefficient (Wildman–Crippen LogP) is 0.944. The van der Waals surface area contributed by atoms with Gasteiger partial charge in [0.2, 0.25) is 5.78 Å². The van der Waals surface area contributed by atoms with Crippen LogP contribution in [-0.2, 0) is 7.05 Å². The van der Waals surface area contributed by atoms with Crippen molar-refractivity contribution in [3.8, 4) is 0 Å². The quantitative estimate of drug-likeness (QED) is 0.737. The van der Waals surface area contributed by atoms with E-state index in [1.165, 1.54) is 10.7 Å². The maximum Gasteiger partial charge on any atom is 0.266 e. The third-order valence-corrected chi connectivity index (χ3v) is 2.17. The minimum absolute atomic E-state index is 0.173. The first-order valence-electron chi connectivity index (χ1n) is 4.54. The summed E-state index contributed by atoms with van der Waals surface area (Å²) in [6.45, 7) is 0. The van der Waals surface area contributed by atoms with Crippen LogP contribution < -0.4 is 5.56 Å². The van der Waals surface area contributed by atoms with E-state index in [0.717, 1.165) is 0 Å². The first-order chi connectivity index (χ1) is 7.18. The van der Waals surface area contributed by atoms with Gasteiger partial charge in [0.15, 0.2) is 0 Å². The van der Waals surface area contributed by atoms with Crippen molar-refractivity contribution in [3.63, 3.8) is 0 Å². The van der Waals surface area contributed by atoms with Crippen molar-refractivity contribution in [1.82, 2.24) is 9.78 Å². The Kier molecular flexibility index (Phi) is 2.25. The number of ketones is 1. The molecule has 0 fully saturated rings. The van der Waals surface area contributed by atoms with Gasteiger partial charge in [0.25, 0.3) is 5.56 Å². The Labute approximate surface area is 86.1 Å². The lowest BCUT2D eigenvalue weighted by molar-refractivity contribution is 0.103. The highest BCUT2D eigenvalue weighted by Crippen LogP contribution is 2.05. The number of nitrogens with zero attached hydrogens (tertiary/aromatic N) is 1. The first kappa shape index (κ1) is 9.45. The summed E-state index contributed by atoms with van der Waals surface area (Å²) in [7, 11) is 1.57. The fourth-order valence-corrected chi connectivity index (χ4v) is 1.35. The molecule has 15 heavy (non-hydrogen) atoms. The number of aromatic nitrogens is 2. The third kappa shape index (κ3) is 1.74. The number of carbonyl (C=O) groups excluding carboxylic acids is 1. The average molecular weight is 202 g/mol. The van der Waals surface area contributed by atoms with Gasteiger partial charge >= 0.3 is 0 Å². The molecule has 76 valence electrons. The standard InChI is InChI=1S/C11H10N2O2/c1-13-10(14)7-9(12-13)11(15)8-5-3-2-4-6-8/h2-7,12H,1H3. The summed E-state index contributed by atoms with van der Waals surface area (Å²) >= 11 is 0. The molecule has 1 aromatic heterocycles. The second kappa shape index (κ2) is 3.57. The molecule has 1 N–H and O–H groups in total. The fraction of sp³-hybridized carbons (Fsp3) is 0.0909. The van der Waals surface area contributed by atoms with Crippen molar-refractivity contribution >= 4 is 5.78 Å². The van der Waals surface area contributed by atoms with Crippen LogP contribution >= 0.6 is 0 Å². The molecule has 1 heterocycles. The lowest BCUT2D eigenvalue weighted by Crippen LogP contribution is -2.10. The summed E-state index contributed by atoms with van der Waals surface area (Å²) in [4.78, 5) is 23.0. The Balaban J connectivity index is 2.41. The van der Waals surface area contributed by atoms with Crippen molar-refractivity contribution in [1.29, 1.82) is 0 Å². The summed E-state index contributed by atoms with van der Waals surface area (Å²) < 4.78 is 1.27. The highest BCUT2D eigenvalue weighted by molar-refractivity contribution is 6.07. The molecule has 0 aliphatic heterocycles. The monoisotopic (exact) mass is 202 g/mol. The molecule has 0 saturated heterocycles. The van der Waals surface area contributed by atoms with Crippen LogP contribution in [0.15, 0.2) is 41.2 Å². The summed E-state index contributed by atoms with van der Waals surface area (Å²) in [6.07, 6.45) is 0. The molecule has 2 aromatic rings. The summed E-state index contributed by atoms with van der Waals surface area (Å²) in [5.41, 5.74) is 0.669. The van der Waals surface area contributed by atoms with Crippen LogP contribution in [0.2, 0.25) is 0 Å². The maximum absolute atomic E-state index is 11.8. The van der Waals surface area contributed by atoms with E-state index in [1.807, 2.05) is 6.07 Å². The van der Waals surface area contributed by atoms with Gasteiger partial charge in [-0.1, -0.05) is 30.3 Å². The number of aryl methyl sites for hydroxylation is 1. The number of hydrogen-bond donors (Lipinski definition) is 1. The summed E-state index contributed by atoms with van der Waals surface area (Å²) in [5, 5.41) is 2.70. The molecule has 1 aromatic carbocycles. The van der Waals surface area contributed by atoms with Gasteiger partial charge in [-0.25, -0.2) is 0 Å². The van der Waals surface area contributed by atoms with E-state index in [1.54, 1.807) is 31.3 Å². The number of nitrogens with one attached hydrogen (secondary N) is 1. The minimum Gasteiger partial charge on any atom is -0.292 e. The number of benzene rings is 1. The van der Waals surface area contributed by atoms with Crippen molar-refractivity contribution in [2.24, 2.45) is 7.05 Å². The van der Waals surface area contributed by atoms with Crippen molar-refractivity contribution in [2.75, 3.05) is 0 Å². The molecule has 4 nitrogen and oxygen atoms in total. The van der Waals surface area contributed by atoms with E-state index >= 15 is 0 Å². The highest BCUT2D eigenvalue weighted by atomic mass is 16.1. The van der Waals surface area contributed by atoms with Crippen molar-refractivity contribution in [3.05, 3.63) is 58.0 Å². The summed E-state index contributed by atoms with van der Waals surface area (Å²) in [6, 6.07) is 10.1. The molecule has 0 aliphatic rings. The SMILES string of the molecule is Cn1[nH]c(C(=O)c2ccccc2)cc1=O. The van der Waals surface area contributed by atoms with Gasteiger partial charge < -0.3 is 0 Å². The Morgan fingerprint density at radius 1 is 1.27 bits per heavy atom. The molecule has 0 radical (unpaired) electrons. The van der Waals surface area contributed by atoms with Crippen LogP contribution in [0.1, 0.15) is 16.1 Å². The van der Waals surface area contributed by atoms with Crippen LogP contribution in [0.5, 0.6) is 0 Å². The molecule has 4 heteroatoms. The zero-order valence-corrected chi connectivity index (χ0v) is 8.23. The first-order valence-corrected chi connectivity index (χ1v) is 4.54. The van der Waals surface area contributed by atoms with Crippen LogP contribution in [0.4, 0.5) is 0 Å². The van der Waals surface area contributed by atoms with Crippen LogP contribution in [0.3, 0.4) is 0 Å². The molecule has 0 amide bonds. The van der Waals surface area contributed by atoms with Gasteiger partial charge in [-0.2, -0.15) is 0 Å². The van der Waals surface area contributed by atoms with E-state index in [-0.39, 0.29) is 11.3 Å². The van der Waals surface area contributed by atoms with Crippen LogP contribution in [0.25, 0.3) is 0 Å². The van der Waals surface area contributed by atoms with Crippen LogP contribution in [-0.4, -0.2) is 15.6 Å². The molecule has 0 unspecified atom stereocenters. The maximum atomic E-state index is 11.8. The van der Waals surface area contributed by atoms with Gasteiger partial charge in [-0.15, -0.1) is 0 Å². The Morgan fingerprint density at radius 3 is 2.47 bits per heavy atom. The largest absolute Gasteiger partial charge is 0.292 e. The summed E-state index contributed by atoms with van der Waals surface area (Å²) in [5.74, 6) is -0.173. The Hall–Kier alpha value is -2.10. The molecule has 0 spiro atoms. The lowest BCUT2D eigenvalue weighted by atomic mass is 10.1. The van der Waals surface area contributed by atoms with E-state index in [0.29, 0.717) is 11.3 Å². The Morgan fingerprint density at radius 2 is 1.93 bits per heavy atom. The predicted molar refractivity (Wildman–Crippen MR) is 55.9 cm³/mol. The van der Waals surface area contributed by atoms with Gasteiger partial charge in [-0.05, 0) is 0 Å². The van der Waals surface area contributed by atoms with E-state index in [4.69, 9.17) is 0 Å². The normalized spacial score (nSPS) is 10.2. The molecule has 0 saturated carbocycles. The van der Waals surface area contributed by atoms with E-state index in [9.17, 15) is 9.59 Å². The average Bonchev–Trinajstić information content (AvgIpc) is 2.59. The molecule has 0 atom stereocenters. The van der Waals surface area contributed by atoms with Gasteiger partial charge in [0.05, 0.1) is 0 Å². The van der Waals surface area contributed by atoms with Crippen molar-refractivity contribution in [2.45, 2.75) is 0 Å². The fourth-order valence-electron chi connectivity index (χ4n) is 1.35. The van der Waals surface area contributed by atoms with Crippen LogP contribution in [0, 0.1) is 0 Å². The molecular formula is C11H10N2O2. The number of rotatable bonds is 2. The molecular weight excluding hydrogens is 192 g/mol. The smallest absolute Gasteiger partial charge is 0.266 e. The number of H-pyrrole nitrogens is 1. The Bertz CT molecular complexity index is 537. The van der Waals surface area contributed by atoms with Gasteiger partial charge in [-0.3, -0.25) is 19.4 Å². The minimum atomic E-state index is -0.214. The van der Waals surface area contributed by atoms with Gasteiger partial charge in [0, 0.05) is 18.7 Å². The number of aromatic amines is 1. The molecule has 2 rings (SSSR count).